The van der Waals surface area contributed by atoms with Crippen LogP contribution in [0.25, 0.3) is 0 Å². The van der Waals surface area contributed by atoms with E-state index >= 15 is 0 Å². The molecule has 0 bridgehead atoms. The summed E-state index contributed by atoms with van der Waals surface area (Å²) in [6.07, 6.45) is 1.47. The maximum atomic E-state index is 12.7. The molecule has 6 nitrogen and oxygen atoms in total. The van der Waals surface area contributed by atoms with Crippen molar-refractivity contribution in [2.24, 2.45) is 17.3 Å². The number of phenols is 3. The Bertz CT molecular complexity index is 1150. The Balaban J connectivity index is 1.44. The quantitative estimate of drug-likeness (QED) is 0.610. The van der Waals surface area contributed by atoms with E-state index in [0.29, 0.717) is 23.3 Å². The second kappa shape index (κ2) is 5.67. The normalized spacial score (nSPS) is 34.0. The molecule has 0 amide bonds. The third kappa shape index (κ3) is 2.31. The van der Waals surface area contributed by atoms with Crippen LogP contribution in [-0.4, -0.2) is 26.7 Å². The third-order valence-corrected chi connectivity index (χ3v) is 8.38. The van der Waals surface area contributed by atoms with Gasteiger partial charge in [0.05, 0.1) is 6.42 Å². The molecule has 2 heterocycles. The van der Waals surface area contributed by atoms with E-state index in [2.05, 4.69) is 20.8 Å². The molecule has 0 aromatic heterocycles. The summed E-state index contributed by atoms with van der Waals surface area (Å²) in [5.74, 6) is 1.50. The molecule has 0 unspecified atom stereocenters. The van der Waals surface area contributed by atoms with E-state index in [4.69, 9.17) is 9.47 Å². The average Bonchev–Trinajstić information content (AvgIpc) is 3.00. The van der Waals surface area contributed by atoms with Crippen LogP contribution in [0.1, 0.15) is 73.5 Å². The molecule has 0 saturated heterocycles. The number of ketones is 1. The van der Waals surface area contributed by atoms with Crippen LogP contribution >= 0.6 is 0 Å². The van der Waals surface area contributed by atoms with Gasteiger partial charge in [-0.2, -0.15) is 0 Å². The number of carbonyl (C=O) groups is 1. The number of hydrogen-bond acceptors (Lipinski definition) is 6. The number of benzene rings is 2. The predicted octanol–water partition coefficient (Wildman–Crippen LogP) is 4.81. The zero-order valence-electron chi connectivity index (χ0n) is 17.8. The zero-order chi connectivity index (χ0) is 21.9. The molecule has 2 aliphatic heterocycles. The first-order valence-electron chi connectivity index (χ1n) is 10.9. The Kier molecular flexibility index (Phi) is 3.44. The number of fused-ring (bicyclic) bond motifs is 3. The summed E-state index contributed by atoms with van der Waals surface area (Å²) >= 11 is 0. The van der Waals surface area contributed by atoms with Crippen molar-refractivity contribution >= 4 is 5.78 Å². The van der Waals surface area contributed by atoms with E-state index in [9.17, 15) is 20.1 Å². The summed E-state index contributed by atoms with van der Waals surface area (Å²) in [7, 11) is 0. The predicted molar refractivity (Wildman–Crippen MR) is 112 cm³/mol. The van der Waals surface area contributed by atoms with Crippen LogP contribution < -0.4 is 9.47 Å². The van der Waals surface area contributed by atoms with Crippen molar-refractivity contribution in [1.82, 2.24) is 0 Å². The number of rotatable bonds is 1. The van der Waals surface area contributed by atoms with E-state index < -0.39 is 6.10 Å². The molecule has 6 rings (SSSR count). The minimum atomic E-state index is -0.706. The van der Waals surface area contributed by atoms with Crippen LogP contribution in [0.5, 0.6) is 28.7 Å². The topological polar surface area (TPSA) is 96.2 Å². The molecule has 5 atom stereocenters. The lowest BCUT2D eigenvalue weighted by Gasteiger charge is -2.62. The number of aromatic hydroxyl groups is 3. The Labute approximate surface area is 180 Å². The first kappa shape index (κ1) is 18.8. The van der Waals surface area contributed by atoms with E-state index in [1.54, 1.807) is 6.07 Å². The summed E-state index contributed by atoms with van der Waals surface area (Å²) in [6, 6.07) is 6.05. The van der Waals surface area contributed by atoms with Crippen molar-refractivity contribution in [2.75, 3.05) is 0 Å². The molecule has 2 fully saturated rings. The van der Waals surface area contributed by atoms with Gasteiger partial charge in [0.1, 0.15) is 46.0 Å². The fourth-order valence-corrected chi connectivity index (χ4v) is 6.96. The lowest BCUT2D eigenvalue weighted by Crippen LogP contribution is -2.59. The highest BCUT2D eigenvalue weighted by atomic mass is 16.5. The van der Waals surface area contributed by atoms with Gasteiger partial charge in [0.2, 0.25) is 0 Å². The zero-order valence-corrected chi connectivity index (χ0v) is 17.8. The van der Waals surface area contributed by atoms with Gasteiger partial charge in [-0.25, -0.2) is 0 Å². The first-order chi connectivity index (χ1) is 14.6. The summed E-state index contributed by atoms with van der Waals surface area (Å²) < 4.78 is 12.4. The molecular formula is C25H26O6. The fraction of sp³-hybridized carbons (Fsp3) is 0.480. The van der Waals surface area contributed by atoms with Crippen molar-refractivity contribution < 1.29 is 29.6 Å². The molecule has 2 saturated carbocycles. The highest BCUT2D eigenvalue weighted by Crippen LogP contribution is 2.73. The minimum absolute atomic E-state index is 0.00360. The molecule has 2 aromatic carbocycles. The largest absolute Gasteiger partial charge is 0.508 e. The van der Waals surface area contributed by atoms with Crippen molar-refractivity contribution in [3.8, 4) is 28.7 Å². The highest BCUT2D eigenvalue weighted by Gasteiger charge is 2.69. The molecular weight excluding hydrogens is 396 g/mol. The Hall–Kier alpha value is -2.89. The molecule has 0 radical (unpaired) electrons. The smallest absolute Gasteiger partial charge is 0.174 e. The lowest BCUT2D eigenvalue weighted by molar-refractivity contribution is -0.120. The SMILES string of the molecule is CC1(C)[C@@H]2CC[C@]3(C)Oc4cc(O)c([C@H]5CC(=O)c6c(O)cc(O)cc6O5)cc4[C@H]1[C@H]23. The average molecular weight is 422 g/mol. The van der Waals surface area contributed by atoms with Crippen LogP contribution in [0, 0.1) is 17.3 Å². The van der Waals surface area contributed by atoms with Gasteiger partial charge < -0.3 is 24.8 Å². The van der Waals surface area contributed by atoms with Crippen molar-refractivity contribution in [3.05, 3.63) is 41.0 Å². The Morgan fingerprint density at radius 2 is 1.74 bits per heavy atom. The van der Waals surface area contributed by atoms with Crippen molar-refractivity contribution in [2.45, 2.75) is 57.7 Å². The van der Waals surface area contributed by atoms with Crippen molar-refractivity contribution in [1.29, 1.82) is 0 Å². The van der Waals surface area contributed by atoms with Gasteiger partial charge in [0, 0.05) is 29.7 Å². The highest BCUT2D eigenvalue weighted by molar-refractivity contribution is 6.02. The van der Waals surface area contributed by atoms with Gasteiger partial charge in [0.25, 0.3) is 0 Å². The second-order valence-electron chi connectivity index (χ2n) is 10.4. The molecule has 6 heteroatoms. The van der Waals surface area contributed by atoms with Gasteiger partial charge in [0.15, 0.2) is 5.78 Å². The van der Waals surface area contributed by atoms with Crippen LogP contribution in [0.3, 0.4) is 0 Å². The van der Waals surface area contributed by atoms with Gasteiger partial charge in [-0.3, -0.25) is 4.79 Å². The van der Waals surface area contributed by atoms with E-state index in [1.807, 2.05) is 6.07 Å². The number of ether oxygens (including phenoxy) is 2. The maximum absolute atomic E-state index is 12.7. The van der Waals surface area contributed by atoms with E-state index in [-0.39, 0.29) is 51.8 Å². The summed E-state index contributed by atoms with van der Waals surface area (Å²) in [5, 5.41) is 30.7. The first-order valence-corrected chi connectivity index (χ1v) is 10.9. The maximum Gasteiger partial charge on any atom is 0.174 e. The molecule has 4 aliphatic rings. The Morgan fingerprint density at radius 3 is 2.52 bits per heavy atom. The number of phenolic OH excluding ortho intramolecular Hbond substituents is 3. The van der Waals surface area contributed by atoms with E-state index in [0.717, 1.165) is 30.2 Å². The standard InChI is InChI=1S/C25H26O6/c1-24(2)14-4-5-25(3)23(14)22(24)13-8-12(15(27)9-19(13)31-25)18-10-17(29)21-16(28)6-11(26)7-20(21)30-18/h6-9,14,18,22-23,26-28H,4-5,10H2,1-3H3/t14-,18-,22+,23+,25+/m1/s1. The number of hydrogen-bond donors (Lipinski definition) is 3. The fourth-order valence-electron chi connectivity index (χ4n) is 6.96. The monoisotopic (exact) mass is 422 g/mol. The molecule has 0 spiro atoms. The van der Waals surface area contributed by atoms with Gasteiger partial charge >= 0.3 is 0 Å². The molecule has 31 heavy (non-hydrogen) atoms. The lowest BCUT2D eigenvalue weighted by atomic mass is 9.45. The number of Topliss-reactive ketones (excluding diaryl/α,β-unsaturated/α-hetero) is 1. The minimum Gasteiger partial charge on any atom is -0.508 e. The van der Waals surface area contributed by atoms with Gasteiger partial charge in [-0.1, -0.05) is 13.8 Å². The molecule has 2 aliphatic carbocycles. The van der Waals surface area contributed by atoms with Gasteiger partial charge in [-0.05, 0) is 48.6 Å². The molecule has 2 aromatic rings. The second-order valence-corrected chi connectivity index (χ2v) is 10.4. The summed E-state index contributed by atoms with van der Waals surface area (Å²) in [5.41, 5.74) is 1.61. The van der Waals surface area contributed by atoms with Crippen molar-refractivity contribution in [3.63, 3.8) is 0 Å². The molecule has 3 N–H and O–H groups in total. The van der Waals surface area contributed by atoms with Gasteiger partial charge in [-0.15, -0.1) is 0 Å². The Morgan fingerprint density at radius 1 is 0.968 bits per heavy atom. The van der Waals surface area contributed by atoms with E-state index in [1.165, 1.54) is 6.07 Å². The number of carbonyl (C=O) groups excluding carboxylic acids is 1. The third-order valence-electron chi connectivity index (χ3n) is 8.38. The van der Waals surface area contributed by atoms with Crippen LogP contribution in [0.4, 0.5) is 0 Å². The summed E-state index contributed by atoms with van der Waals surface area (Å²) in [4.78, 5) is 12.7. The molecule has 162 valence electrons. The summed E-state index contributed by atoms with van der Waals surface area (Å²) in [6.45, 7) is 6.82. The van der Waals surface area contributed by atoms with Crippen LogP contribution in [-0.2, 0) is 0 Å². The van der Waals surface area contributed by atoms with Crippen LogP contribution in [0.15, 0.2) is 24.3 Å². The van der Waals surface area contributed by atoms with Crippen LogP contribution in [0.2, 0.25) is 0 Å².